The van der Waals surface area contributed by atoms with E-state index in [1.54, 1.807) is 0 Å². The molecule has 0 N–H and O–H groups in total. The number of hydrogen-bond donors (Lipinski definition) is 0. The van der Waals surface area contributed by atoms with Gasteiger partial charge in [-0.1, -0.05) is 29.8 Å². The summed E-state index contributed by atoms with van der Waals surface area (Å²) < 4.78 is 2.23. The van der Waals surface area contributed by atoms with Crippen molar-refractivity contribution < 1.29 is 4.57 Å². The average Bonchev–Trinajstić information content (AvgIpc) is 2.65. The highest BCUT2D eigenvalue weighted by Gasteiger charge is 2.19. The molecule has 134 valence electrons. The number of fused-ring (bicyclic) bond motifs is 1. The van der Waals surface area contributed by atoms with Gasteiger partial charge >= 0.3 is 0 Å². The molecule has 0 spiro atoms. The Morgan fingerprint density at radius 2 is 1.63 bits per heavy atom. The molecule has 2 heteroatoms. The zero-order valence-electron chi connectivity index (χ0n) is 16.7. The van der Waals surface area contributed by atoms with Crippen molar-refractivity contribution in [1.82, 2.24) is 4.98 Å². The van der Waals surface area contributed by atoms with Crippen molar-refractivity contribution in [3.05, 3.63) is 83.2 Å². The number of rotatable bonds is 2. The van der Waals surface area contributed by atoms with Crippen LogP contribution in [-0.4, -0.2) is 4.98 Å². The highest BCUT2D eigenvalue weighted by molar-refractivity contribution is 5.96. The molecule has 2 aromatic heterocycles. The molecular formula is C25H25N2+. The molecule has 0 aliphatic rings. The van der Waals surface area contributed by atoms with Crippen molar-refractivity contribution >= 4 is 10.8 Å². The monoisotopic (exact) mass is 353 g/mol. The van der Waals surface area contributed by atoms with Crippen molar-refractivity contribution in [2.75, 3.05) is 0 Å². The van der Waals surface area contributed by atoms with Gasteiger partial charge in [-0.25, -0.2) is 4.57 Å². The van der Waals surface area contributed by atoms with E-state index in [9.17, 15) is 0 Å². The molecule has 0 aliphatic heterocycles. The number of aryl methyl sites for hydroxylation is 4. The van der Waals surface area contributed by atoms with Crippen molar-refractivity contribution in [1.29, 1.82) is 0 Å². The van der Waals surface area contributed by atoms with E-state index in [0.717, 1.165) is 11.3 Å². The maximum atomic E-state index is 4.62. The Morgan fingerprint density at radius 3 is 2.37 bits per heavy atom. The molecule has 0 saturated carbocycles. The van der Waals surface area contributed by atoms with Crippen LogP contribution in [0.25, 0.3) is 33.3 Å². The quantitative estimate of drug-likeness (QED) is 0.427. The van der Waals surface area contributed by atoms with Gasteiger partial charge in [0.1, 0.15) is 7.05 Å². The molecule has 0 amide bonds. The fraction of sp³-hybridized carbons (Fsp3) is 0.200. The second-order valence-electron chi connectivity index (χ2n) is 7.55. The lowest BCUT2D eigenvalue weighted by Crippen LogP contribution is -2.30. The third kappa shape index (κ3) is 3.12. The Kier molecular flexibility index (Phi) is 4.27. The fourth-order valence-corrected chi connectivity index (χ4v) is 3.78. The third-order valence-corrected chi connectivity index (χ3v) is 5.41. The summed E-state index contributed by atoms with van der Waals surface area (Å²) in [4.78, 5) is 4.62. The summed E-state index contributed by atoms with van der Waals surface area (Å²) >= 11 is 0. The first-order chi connectivity index (χ1) is 12.9. The van der Waals surface area contributed by atoms with Gasteiger partial charge in [0.05, 0.1) is 16.6 Å². The molecule has 2 nitrogen and oxygen atoms in total. The molecule has 0 radical (unpaired) electrons. The summed E-state index contributed by atoms with van der Waals surface area (Å²) in [7, 11) is 2.13. The van der Waals surface area contributed by atoms with Gasteiger partial charge in [0.2, 0.25) is 5.69 Å². The molecule has 2 aromatic carbocycles. The smallest absolute Gasteiger partial charge is 0.220 e. The van der Waals surface area contributed by atoms with Crippen LogP contribution in [-0.2, 0) is 7.05 Å². The van der Waals surface area contributed by atoms with E-state index in [1.807, 2.05) is 6.20 Å². The summed E-state index contributed by atoms with van der Waals surface area (Å²) in [6, 6.07) is 17.6. The summed E-state index contributed by atoms with van der Waals surface area (Å²) in [6.07, 6.45) is 4.08. The molecule has 4 aromatic rings. The lowest BCUT2D eigenvalue weighted by molar-refractivity contribution is -0.659. The highest BCUT2D eigenvalue weighted by atomic mass is 14.9. The van der Waals surface area contributed by atoms with Crippen molar-refractivity contribution in [3.8, 4) is 22.5 Å². The molecular weight excluding hydrogens is 328 g/mol. The van der Waals surface area contributed by atoms with Crippen LogP contribution in [0.4, 0.5) is 0 Å². The van der Waals surface area contributed by atoms with Crippen LogP contribution in [0.1, 0.15) is 22.3 Å². The average molecular weight is 353 g/mol. The standard InChI is InChI=1S/C25H25N2/c1-16-6-9-24(26-15-16)21-8-7-20-10-11-27(5)25(23(20)14-21)22-13-17(2)12-18(3)19(22)4/h6-15H,1-5H3/q+1. The van der Waals surface area contributed by atoms with E-state index in [-0.39, 0.29) is 0 Å². The lowest BCUT2D eigenvalue weighted by Gasteiger charge is -2.12. The van der Waals surface area contributed by atoms with Gasteiger partial charge in [-0.05, 0) is 68.0 Å². The van der Waals surface area contributed by atoms with Crippen LogP contribution in [0.3, 0.4) is 0 Å². The number of hydrogen-bond acceptors (Lipinski definition) is 1. The van der Waals surface area contributed by atoms with Gasteiger partial charge in [-0.3, -0.25) is 4.98 Å². The molecule has 2 heterocycles. The predicted octanol–water partition coefficient (Wildman–Crippen LogP) is 5.63. The van der Waals surface area contributed by atoms with Crippen LogP contribution in [0.5, 0.6) is 0 Å². The van der Waals surface area contributed by atoms with Gasteiger partial charge in [0, 0.05) is 17.8 Å². The zero-order chi connectivity index (χ0) is 19.1. The molecule has 0 unspecified atom stereocenters. The van der Waals surface area contributed by atoms with Crippen LogP contribution in [0.2, 0.25) is 0 Å². The van der Waals surface area contributed by atoms with Crippen molar-refractivity contribution in [2.24, 2.45) is 7.05 Å². The zero-order valence-corrected chi connectivity index (χ0v) is 16.7. The maximum Gasteiger partial charge on any atom is 0.220 e. The SMILES string of the molecule is Cc1ccc(-c2ccc3cc[n+](C)c(-c4cc(C)cc(C)c4C)c3c2)nc1. The van der Waals surface area contributed by atoms with E-state index < -0.39 is 0 Å². The summed E-state index contributed by atoms with van der Waals surface area (Å²) in [5, 5.41) is 2.51. The molecule has 0 fully saturated rings. The molecule has 0 bridgehead atoms. The van der Waals surface area contributed by atoms with E-state index in [2.05, 4.69) is 99.0 Å². The van der Waals surface area contributed by atoms with Gasteiger partial charge in [-0.15, -0.1) is 0 Å². The normalized spacial score (nSPS) is 11.1. The number of aromatic nitrogens is 2. The lowest BCUT2D eigenvalue weighted by atomic mass is 9.93. The summed E-state index contributed by atoms with van der Waals surface area (Å²) in [5.74, 6) is 0. The molecule has 0 atom stereocenters. The van der Waals surface area contributed by atoms with E-state index in [0.29, 0.717) is 0 Å². The fourth-order valence-electron chi connectivity index (χ4n) is 3.78. The first-order valence-corrected chi connectivity index (χ1v) is 9.37. The van der Waals surface area contributed by atoms with Crippen LogP contribution >= 0.6 is 0 Å². The van der Waals surface area contributed by atoms with Crippen molar-refractivity contribution in [2.45, 2.75) is 27.7 Å². The predicted molar refractivity (Wildman–Crippen MR) is 113 cm³/mol. The Morgan fingerprint density at radius 1 is 0.815 bits per heavy atom. The van der Waals surface area contributed by atoms with E-state index >= 15 is 0 Å². The van der Waals surface area contributed by atoms with Gasteiger partial charge < -0.3 is 0 Å². The molecule has 0 aliphatic carbocycles. The highest BCUT2D eigenvalue weighted by Crippen LogP contribution is 2.32. The largest absolute Gasteiger partial charge is 0.256 e. The number of benzene rings is 2. The van der Waals surface area contributed by atoms with Crippen LogP contribution < -0.4 is 4.57 Å². The Bertz CT molecular complexity index is 1160. The van der Waals surface area contributed by atoms with Crippen molar-refractivity contribution in [3.63, 3.8) is 0 Å². The Hall–Kier alpha value is -3.00. The summed E-state index contributed by atoms with van der Waals surface area (Å²) in [6.45, 7) is 8.65. The summed E-state index contributed by atoms with van der Waals surface area (Å²) in [5.41, 5.74) is 9.86. The van der Waals surface area contributed by atoms with Crippen LogP contribution in [0.15, 0.2) is 60.9 Å². The topological polar surface area (TPSA) is 16.8 Å². The second-order valence-corrected chi connectivity index (χ2v) is 7.55. The van der Waals surface area contributed by atoms with Gasteiger partial charge in [0.15, 0.2) is 6.20 Å². The Balaban J connectivity index is 2.02. The van der Waals surface area contributed by atoms with Crippen LogP contribution in [0, 0.1) is 27.7 Å². The first kappa shape index (κ1) is 17.4. The maximum absolute atomic E-state index is 4.62. The minimum Gasteiger partial charge on any atom is -0.256 e. The molecule has 4 rings (SSSR count). The van der Waals surface area contributed by atoms with E-state index in [1.165, 1.54) is 44.3 Å². The minimum atomic E-state index is 1.01. The number of pyridine rings is 2. The molecule has 27 heavy (non-hydrogen) atoms. The number of nitrogens with zero attached hydrogens (tertiary/aromatic N) is 2. The Labute approximate surface area is 161 Å². The first-order valence-electron chi connectivity index (χ1n) is 9.37. The third-order valence-electron chi connectivity index (χ3n) is 5.41. The van der Waals surface area contributed by atoms with Gasteiger partial charge in [0.25, 0.3) is 0 Å². The second kappa shape index (κ2) is 6.62. The van der Waals surface area contributed by atoms with Gasteiger partial charge in [-0.2, -0.15) is 0 Å². The minimum absolute atomic E-state index is 1.01. The van der Waals surface area contributed by atoms with E-state index in [4.69, 9.17) is 0 Å². The molecule has 0 saturated heterocycles.